The predicted octanol–water partition coefficient (Wildman–Crippen LogP) is 1.34. The van der Waals surface area contributed by atoms with E-state index >= 15 is 0 Å². The van der Waals surface area contributed by atoms with E-state index in [2.05, 4.69) is 6.07 Å². The number of rotatable bonds is 2. The van der Waals surface area contributed by atoms with E-state index in [0.717, 1.165) is 11.1 Å². The molecular weight excluding hydrogens is 199 g/mol. The lowest BCUT2D eigenvalue weighted by molar-refractivity contribution is 0.426. The molecule has 2 rings (SSSR count). The highest BCUT2D eigenvalue weighted by atomic mass is 16.4. The molecule has 0 atom stereocenters. The molecule has 0 aliphatic heterocycles. The van der Waals surface area contributed by atoms with Crippen molar-refractivity contribution in [1.82, 2.24) is 0 Å². The summed E-state index contributed by atoms with van der Waals surface area (Å²) in [7, 11) is -1.41. The summed E-state index contributed by atoms with van der Waals surface area (Å²) < 4.78 is 0. The molecule has 0 aliphatic carbocycles. The third kappa shape index (κ3) is 2.32. The Morgan fingerprint density at radius 1 is 0.875 bits per heavy atom. The maximum Gasteiger partial charge on any atom is 0.488 e. The van der Waals surface area contributed by atoms with E-state index in [-0.39, 0.29) is 0 Å². The molecule has 80 valence electrons. The Morgan fingerprint density at radius 2 is 1.50 bits per heavy atom. The van der Waals surface area contributed by atoms with Crippen molar-refractivity contribution in [1.29, 1.82) is 0 Å². The molecule has 3 heteroatoms. The zero-order chi connectivity index (χ0) is 11.5. The van der Waals surface area contributed by atoms with E-state index < -0.39 is 7.12 Å². The van der Waals surface area contributed by atoms with Gasteiger partial charge < -0.3 is 10.0 Å². The number of aryl methyl sites for hydroxylation is 1. The quantitative estimate of drug-likeness (QED) is 0.737. The summed E-state index contributed by atoms with van der Waals surface area (Å²) in [6.07, 6.45) is 0. The van der Waals surface area contributed by atoms with E-state index in [1.54, 1.807) is 12.1 Å². The van der Waals surface area contributed by atoms with Gasteiger partial charge in [0.25, 0.3) is 0 Å². The summed E-state index contributed by atoms with van der Waals surface area (Å²) >= 11 is 0. The second-order valence-electron chi connectivity index (χ2n) is 3.87. The predicted molar refractivity (Wildman–Crippen MR) is 66.4 cm³/mol. The maximum atomic E-state index is 9.11. The standard InChI is InChI=1S/C13H13BO2/c1-10-4-2-5-11(8-10)12-6-3-7-13(9-12)14(15)16/h2-9,15-16H,1H3. The van der Waals surface area contributed by atoms with Crippen LogP contribution in [0.2, 0.25) is 0 Å². The minimum Gasteiger partial charge on any atom is -0.423 e. The first-order valence-electron chi connectivity index (χ1n) is 5.20. The molecule has 0 spiro atoms. The summed E-state index contributed by atoms with van der Waals surface area (Å²) in [5.41, 5.74) is 3.78. The number of hydrogen-bond donors (Lipinski definition) is 2. The third-order valence-electron chi connectivity index (χ3n) is 2.54. The fraction of sp³-hybridized carbons (Fsp3) is 0.0769. The van der Waals surface area contributed by atoms with Gasteiger partial charge in [0, 0.05) is 0 Å². The molecule has 16 heavy (non-hydrogen) atoms. The Hall–Kier alpha value is -1.58. The first-order valence-corrected chi connectivity index (χ1v) is 5.20. The largest absolute Gasteiger partial charge is 0.488 e. The highest BCUT2D eigenvalue weighted by Crippen LogP contribution is 2.18. The second-order valence-corrected chi connectivity index (χ2v) is 3.87. The zero-order valence-corrected chi connectivity index (χ0v) is 9.09. The molecule has 0 aromatic heterocycles. The molecule has 0 bridgehead atoms. The van der Waals surface area contributed by atoms with Crippen LogP contribution in [-0.2, 0) is 0 Å². The van der Waals surface area contributed by atoms with E-state index in [1.165, 1.54) is 5.56 Å². The van der Waals surface area contributed by atoms with Crippen LogP contribution in [0.1, 0.15) is 5.56 Å². The molecule has 0 aliphatic rings. The van der Waals surface area contributed by atoms with Crippen LogP contribution in [0.3, 0.4) is 0 Å². The Morgan fingerprint density at radius 3 is 2.12 bits per heavy atom. The SMILES string of the molecule is Cc1cccc(-c2cccc(B(O)O)c2)c1. The summed E-state index contributed by atoms with van der Waals surface area (Å²) in [5, 5.41) is 18.2. The van der Waals surface area contributed by atoms with Crippen molar-refractivity contribution in [2.45, 2.75) is 6.92 Å². The van der Waals surface area contributed by atoms with E-state index in [9.17, 15) is 0 Å². The van der Waals surface area contributed by atoms with Crippen LogP contribution < -0.4 is 5.46 Å². The highest BCUT2D eigenvalue weighted by Gasteiger charge is 2.10. The van der Waals surface area contributed by atoms with Crippen LogP contribution in [0, 0.1) is 6.92 Å². The summed E-state index contributed by atoms with van der Waals surface area (Å²) in [6.45, 7) is 2.04. The van der Waals surface area contributed by atoms with Crippen molar-refractivity contribution in [3.63, 3.8) is 0 Å². The Balaban J connectivity index is 2.44. The van der Waals surface area contributed by atoms with Crippen molar-refractivity contribution in [3.05, 3.63) is 54.1 Å². The van der Waals surface area contributed by atoms with Gasteiger partial charge in [0.15, 0.2) is 0 Å². The topological polar surface area (TPSA) is 40.5 Å². The van der Waals surface area contributed by atoms with Gasteiger partial charge in [0.2, 0.25) is 0 Å². The lowest BCUT2D eigenvalue weighted by atomic mass is 9.79. The summed E-state index contributed by atoms with van der Waals surface area (Å²) in [5.74, 6) is 0. The lowest BCUT2D eigenvalue weighted by Gasteiger charge is -2.05. The van der Waals surface area contributed by atoms with Gasteiger partial charge in [-0.05, 0) is 23.5 Å². The molecular formula is C13H13BO2. The van der Waals surface area contributed by atoms with Crippen molar-refractivity contribution in [2.24, 2.45) is 0 Å². The van der Waals surface area contributed by atoms with Gasteiger partial charge in [-0.15, -0.1) is 0 Å². The summed E-state index contributed by atoms with van der Waals surface area (Å²) in [6, 6.07) is 15.4. The Labute approximate surface area is 95.3 Å². The van der Waals surface area contributed by atoms with Crippen LogP contribution in [0.25, 0.3) is 11.1 Å². The smallest absolute Gasteiger partial charge is 0.423 e. The molecule has 2 nitrogen and oxygen atoms in total. The van der Waals surface area contributed by atoms with Gasteiger partial charge in [-0.3, -0.25) is 0 Å². The maximum absolute atomic E-state index is 9.11. The van der Waals surface area contributed by atoms with Crippen molar-refractivity contribution in [2.75, 3.05) is 0 Å². The average molecular weight is 212 g/mol. The van der Waals surface area contributed by atoms with Crippen LogP contribution in [-0.4, -0.2) is 17.2 Å². The third-order valence-corrected chi connectivity index (χ3v) is 2.54. The van der Waals surface area contributed by atoms with E-state index in [1.807, 2.05) is 37.3 Å². The van der Waals surface area contributed by atoms with Crippen molar-refractivity contribution < 1.29 is 10.0 Å². The minimum atomic E-state index is -1.41. The molecule has 0 radical (unpaired) electrons. The van der Waals surface area contributed by atoms with Gasteiger partial charge in [0.1, 0.15) is 0 Å². The lowest BCUT2D eigenvalue weighted by Crippen LogP contribution is -2.29. The van der Waals surface area contributed by atoms with Crippen LogP contribution in [0.4, 0.5) is 0 Å². The molecule has 2 aromatic rings. The number of benzene rings is 2. The van der Waals surface area contributed by atoms with E-state index in [4.69, 9.17) is 10.0 Å². The molecule has 0 fully saturated rings. The molecule has 0 heterocycles. The first-order chi connectivity index (χ1) is 7.66. The van der Waals surface area contributed by atoms with Crippen molar-refractivity contribution >= 4 is 12.6 Å². The van der Waals surface area contributed by atoms with Crippen LogP contribution >= 0.6 is 0 Å². The van der Waals surface area contributed by atoms with Crippen LogP contribution in [0.15, 0.2) is 48.5 Å². The Bertz CT molecular complexity index is 495. The van der Waals surface area contributed by atoms with Crippen molar-refractivity contribution in [3.8, 4) is 11.1 Å². The molecule has 2 N–H and O–H groups in total. The highest BCUT2D eigenvalue weighted by molar-refractivity contribution is 6.58. The number of hydrogen-bond acceptors (Lipinski definition) is 2. The van der Waals surface area contributed by atoms with Gasteiger partial charge in [-0.25, -0.2) is 0 Å². The molecule has 0 saturated carbocycles. The van der Waals surface area contributed by atoms with Crippen LogP contribution in [0.5, 0.6) is 0 Å². The van der Waals surface area contributed by atoms with Gasteiger partial charge in [-0.2, -0.15) is 0 Å². The minimum absolute atomic E-state index is 0.513. The van der Waals surface area contributed by atoms with Gasteiger partial charge in [-0.1, -0.05) is 54.1 Å². The van der Waals surface area contributed by atoms with Gasteiger partial charge in [0.05, 0.1) is 0 Å². The monoisotopic (exact) mass is 212 g/mol. The molecule has 0 unspecified atom stereocenters. The zero-order valence-electron chi connectivity index (χ0n) is 9.09. The average Bonchev–Trinajstić information content (AvgIpc) is 2.29. The summed E-state index contributed by atoms with van der Waals surface area (Å²) in [4.78, 5) is 0. The molecule has 2 aromatic carbocycles. The normalized spacial score (nSPS) is 10.2. The van der Waals surface area contributed by atoms with Gasteiger partial charge >= 0.3 is 7.12 Å². The first kappa shape index (κ1) is 10.9. The molecule has 0 amide bonds. The van der Waals surface area contributed by atoms with E-state index in [0.29, 0.717) is 5.46 Å². The fourth-order valence-electron chi connectivity index (χ4n) is 1.70. The molecule has 0 saturated heterocycles. The Kier molecular flexibility index (Phi) is 3.08. The fourth-order valence-corrected chi connectivity index (χ4v) is 1.70. The second kappa shape index (κ2) is 4.52.